The maximum absolute atomic E-state index is 12.8. The van der Waals surface area contributed by atoms with Crippen LogP contribution in [0.15, 0.2) is 23.0 Å². The fraction of sp³-hybridized carbons (Fsp3) is 0.550. The van der Waals surface area contributed by atoms with Gasteiger partial charge in [0.05, 0.1) is 19.8 Å². The lowest BCUT2D eigenvalue weighted by Crippen LogP contribution is -2.40. The summed E-state index contributed by atoms with van der Waals surface area (Å²) in [6, 6.07) is 5.65. The number of morpholine rings is 1. The fourth-order valence-electron chi connectivity index (χ4n) is 3.37. The van der Waals surface area contributed by atoms with Crippen molar-refractivity contribution in [1.29, 1.82) is 0 Å². The molecule has 3 heterocycles. The first kappa shape index (κ1) is 18.9. The Morgan fingerprint density at radius 2 is 1.79 bits per heavy atom. The third-order valence-electron chi connectivity index (χ3n) is 4.97. The molecular weight excluding hydrogens is 360 g/mol. The van der Waals surface area contributed by atoms with Gasteiger partial charge >= 0.3 is 0 Å². The van der Waals surface area contributed by atoms with Crippen molar-refractivity contribution in [3.63, 3.8) is 0 Å². The Bertz CT molecular complexity index is 890. The highest BCUT2D eigenvalue weighted by Crippen LogP contribution is 2.33. The van der Waals surface area contributed by atoms with Gasteiger partial charge in [0.15, 0.2) is 17.3 Å². The van der Waals surface area contributed by atoms with E-state index in [1.54, 1.807) is 4.68 Å². The van der Waals surface area contributed by atoms with E-state index in [1.165, 1.54) is 0 Å². The highest BCUT2D eigenvalue weighted by Gasteiger charge is 2.18. The first-order valence-corrected chi connectivity index (χ1v) is 9.81. The van der Waals surface area contributed by atoms with Crippen molar-refractivity contribution in [3.8, 4) is 22.9 Å². The zero-order valence-electron chi connectivity index (χ0n) is 16.4. The van der Waals surface area contributed by atoms with Gasteiger partial charge in [-0.15, -0.1) is 5.10 Å². The summed E-state index contributed by atoms with van der Waals surface area (Å²) in [6.45, 7) is 9.54. The molecule has 0 atom stereocenters. The normalized spacial score (nSPS) is 17.1. The van der Waals surface area contributed by atoms with Crippen LogP contribution in [0.25, 0.3) is 11.4 Å². The van der Waals surface area contributed by atoms with Gasteiger partial charge in [-0.3, -0.25) is 9.69 Å². The summed E-state index contributed by atoms with van der Waals surface area (Å²) in [5, 5.41) is 4.56. The number of hydrogen-bond donors (Lipinski definition) is 0. The summed E-state index contributed by atoms with van der Waals surface area (Å²) in [6.07, 6.45) is 0. The van der Waals surface area contributed by atoms with Gasteiger partial charge in [0, 0.05) is 31.1 Å². The molecule has 0 unspecified atom stereocenters. The second-order valence-electron chi connectivity index (χ2n) is 7.32. The molecule has 8 heteroatoms. The number of nitrogens with zero attached hydrogens (tertiary/aromatic N) is 4. The van der Waals surface area contributed by atoms with Crippen LogP contribution < -0.4 is 15.0 Å². The van der Waals surface area contributed by atoms with Crippen LogP contribution in [0.4, 0.5) is 0 Å². The molecule has 2 aliphatic rings. The molecule has 150 valence electrons. The number of aromatic nitrogens is 3. The van der Waals surface area contributed by atoms with Crippen LogP contribution in [-0.4, -0.2) is 65.7 Å². The van der Waals surface area contributed by atoms with Crippen LogP contribution in [0.3, 0.4) is 0 Å². The van der Waals surface area contributed by atoms with E-state index < -0.39 is 0 Å². The van der Waals surface area contributed by atoms with Crippen molar-refractivity contribution in [2.45, 2.75) is 26.3 Å². The molecule has 2 aromatic rings. The van der Waals surface area contributed by atoms with Crippen molar-refractivity contribution in [2.24, 2.45) is 0 Å². The molecule has 1 saturated heterocycles. The molecule has 0 aliphatic carbocycles. The summed E-state index contributed by atoms with van der Waals surface area (Å²) in [5.74, 6) is 1.95. The van der Waals surface area contributed by atoms with Gasteiger partial charge in [-0.25, -0.2) is 9.67 Å². The Labute approximate surface area is 164 Å². The zero-order chi connectivity index (χ0) is 19.5. The van der Waals surface area contributed by atoms with Crippen LogP contribution in [0.5, 0.6) is 11.5 Å². The van der Waals surface area contributed by atoms with Crippen LogP contribution >= 0.6 is 0 Å². The van der Waals surface area contributed by atoms with E-state index in [9.17, 15) is 4.79 Å². The van der Waals surface area contributed by atoms with E-state index in [1.807, 2.05) is 32.0 Å². The lowest BCUT2D eigenvalue weighted by atomic mass is 10.1. The molecular formula is C20H26N4O4. The third-order valence-corrected chi connectivity index (χ3v) is 4.97. The Hall–Kier alpha value is -2.45. The second kappa shape index (κ2) is 8.28. The Morgan fingerprint density at radius 3 is 2.54 bits per heavy atom. The molecule has 0 saturated carbocycles. The monoisotopic (exact) mass is 386 g/mol. The van der Waals surface area contributed by atoms with Crippen molar-refractivity contribution in [1.82, 2.24) is 19.7 Å². The highest BCUT2D eigenvalue weighted by atomic mass is 16.6. The number of hydrogen-bond acceptors (Lipinski definition) is 7. The van der Waals surface area contributed by atoms with Gasteiger partial charge in [-0.05, 0) is 18.2 Å². The Kier molecular flexibility index (Phi) is 5.59. The molecule has 0 bridgehead atoms. The van der Waals surface area contributed by atoms with E-state index in [0.717, 1.165) is 44.2 Å². The molecule has 1 aromatic carbocycles. The van der Waals surface area contributed by atoms with E-state index >= 15 is 0 Å². The van der Waals surface area contributed by atoms with E-state index in [2.05, 4.69) is 15.0 Å². The molecule has 8 nitrogen and oxygen atoms in total. The molecule has 0 N–H and O–H groups in total. The van der Waals surface area contributed by atoms with Crippen LogP contribution in [0.2, 0.25) is 0 Å². The van der Waals surface area contributed by atoms with Gasteiger partial charge in [-0.1, -0.05) is 13.8 Å². The summed E-state index contributed by atoms with van der Waals surface area (Å²) in [5.41, 5.74) is 1.22. The first-order chi connectivity index (χ1) is 13.6. The summed E-state index contributed by atoms with van der Waals surface area (Å²) in [7, 11) is 0. The smallest absolute Gasteiger partial charge is 0.288 e. The quantitative estimate of drug-likeness (QED) is 0.771. The number of fused-ring (bicyclic) bond motifs is 1. The lowest BCUT2D eigenvalue weighted by Gasteiger charge is -2.26. The highest BCUT2D eigenvalue weighted by molar-refractivity contribution is 5.61. The van der Waals surface area contributed by atoms with Crippen molar-refractivity contribution in [2.75, 3.05) is 46.1 Å². The van der Waals surface area contributed by atoms with E-state index in [-0.39, 0.29) is 11.5 Å². The molecule has 0 amide bonds. The minimum Gasteiger partial charge on any atom is -0.486 e. The molecule has 2 aliphatic heterocycles. The van der Waals surface area contributed by atoms with Crippen LogP contribution in [0, 0.1) is 0 Å². The summed E-state index contributed by atoms with van der Waals surface area (Å²) >= 11 is 0. The Balaban J connectivity index is 1.65. The second-order valence-corrected chi connectivity index (χ2v) is 7.32. The van der Waals surface area contributed by atoms with Crippen molar-refractivity contribution in [3.05, 3.63) is 34.2 Å². The molecule has 4 rings (SSSR count). The minimum atomic E-state index is -0.121. The number of ether oxygens (including phenoxy) is 3. The van der Waals surface area contributed by atoms with E-state index in [0.29, 0.717) is 37.0 Å². The molecule has 1 aromatic heterocycles. The topological polar surface area (TPSA) is 78.7 Å². The zero-order valence-corrected chi connectivity index (χ0v) is 16.4. The average molecular weight is 386 g/mol. The first-order valence-electron chi connectivity index (χ1n) is 9.81. The van der Waals surface area contributed by atoms with Gasteiger partial charge in [0.2, 0.25) is 0 Å². The number of rotatable bonds is 5. The standard InChI is InChI=1S/C20H26N4O4/c1-14(2)18-20(25)24(6-5-23-7-9-26-10-8-23)22-19(21-18)15-3-4-16-17(13-15)28-12-11-27-16/h3-4,13-14H,5-12H2,1-2H3. The number of benzene rings is 1. The summed E-state index contributed by atoms with van der Waals surface area (Å²) in [4.78, 5) is 19.7. The molecule has 0 radical (unpaired) electrons. The molecule has 0 spiro atoms. The molecule has 28 heavy (non-hydrogen) atoms. The van der Waals surface area contributed by atoms with Crippen molar-refractivity contribution >= 4 is 0 Å². The largest absolute Gasteiger partial charge is 0.486 e. The summed E-state index contributed by atoms with van der Waals surface area (Å²) < 4.78 is 18.2. The maximum Gasteiger partial charge on any atom is 0.288 e. The van der Waals surface area contributed by atoms with E-state index in [4.69, 9.17) is 14.2 Å². The average Bonchev–Trinajstić information content (AvgIpc) is 2.73. The predicted octanol–water partition coefficient (Wildman–Crippen LogP) is 1.53. The van der Waals surface area contributed by atoms with Crippen LogP contribution in [-0.2, 0) is 11.3 Å². The van der Waals surface area contributed by atoms with Gasteiger partial charge in [-0.2, -0.15) is 0 Å². The maximum atomic E-state index is 12.8. The van der Waals surface area contributed by atoms with Gasteiger partial charge < -0.3 is 14.2 Å². The Morgan fingerprint density at radius 1 is 1.04 bits per heavy atom. The SMILES string of the molecule is CC(C)c1nc(-c2ccc3c(c2)OCCO3)nn(CCN2CCOCC2)c1=O. The predicted molar refractivity (Wildman–Crippen MR) is 104 cm³/mol. The fourth-order valence-corrected chi connectivity index (χ4v) is 3.37. The third kappa shape index (κ3) is 4.02. The lowest BCUT2D eigenvalue weighted by molar-refractivity contribution is 0.0357. The van der Waals surface area contributed by atoms with Crippen LogP contribution in [0.1, 0.15) is 25.5 Å². The van der Waals surface area contributed by atoms with Crippen molar-refractivity contribution < 1.29 is 14.2 Å². The van der Waals surface area contributed by atoms with Gasteiger partial charge in [0.25, 0.3) is 5.56 Å². The minimum absolute atomic E-state index is 0.0149. The van der Waals surface area contributed by atoms with Gasteiger partial charge in [0.1, 0.15) is 18.9 Å². The molecule has 1 fully saturated rings.